The average molecular weight is 244 g/mol. The third kappa shape index (κ3) is 2.72. The molecule has 1 aromatic heterocycles. The Kier molecular flexibility index (Phi) is 4.02. The average Bonchev–Trinajstić information content (AvgIpc) is 2.78. The first-order chi connectivity index (χ1) is 7.31. The molecule has 0 saturated carbocycles. The fraction of sp³-hybridized carbons (Fsp3) is 0.700. The second kappa shape index (κ2) is 5.30. The van der Waals surface area contributed by atoms with Gasteiger partial charge in [-0.15, -0.1) is 11.3 Å². The molecule has 2 heterocycles. The number of thiazole rings is 1. The molecule has 0 bridgehead atoms. The molecule has 0 aromatic carbocycles. The summed E-state index contributed by atoms with van der Waals surface area (Å²) in [6, 6.07) is 0.382. The van der Waals surface area contributed by atoms with E-state index < -0.39 is 0 Å². The number of hydrogen-bond acceptors (Lipinski definition) is 5. The lowest BCUT2D eigenvalue weighted by Crippen LogP contribution is -2.15. The van der Waals surface area contributed by atoms with Crippen LogP contribution >= 0.6 is 23.1 Å². The van der Waals surface area contributed by atoms with Crippen LogP contribution in [0.25, 0.3) is 0 Å². The van der Waals surface area contributed by atoms with Crippen LogP contribution < -0.4 is 5.32 Å². The zero-order valence-corrected chi connectivity index (χ0v) is 10.7. The van der Waals surface area contributed by atoms with Gasteiger partial charge in [0.05, 0.1) is 6.61 Å². The molecule has 0 radical (unpaired) electrons. The van der Waals surface area contributed by atoms with E-state index in [4.69, 9.17) is 4.74 Å². The van der Waals surface area contributed by atoms with Crippen molar-refractivity contribution in [2.75, 3.05) is 25.2 Å². The lowest BCUT2D eigenvalue weighted by Gasteiger charge is -2.19. The van der Waals surface area contributed by atoms with Crippen LogP contribution in [-0.4, -0.2) is 30.1 Å². The van der Waals surface area contributed by atoms with Gasteiger partial charge in [-0.05, 0) is 14.0 Å². The minimum Gasteiger partial charge on any atom is -0.369 e. The number of nitrogens with one attached hydrogen (secondary N) is 1. The quantitative estimate of drug-likeness (QED) is 0.884. The molecule has 2 rings (SSSR count). The van der Waals surface area contributed by atoms with Crippen LogP contribution in [0.5, 0.6) is 0 Å². The smallest absolute Gasteiger partial charge is 0.123 e. The molecule has 1 saturated heterocycles. The first kappa shape index (κ1) is 11.4. The van der Waals surface area contributed by atoms with E-state index in [1.807, 2.05) is 25.0 Å². The second-order valence-electron chi connectivity index (χ2n) is 3.55. The molecule has 1 fully saturated rings. The highest BCUT2D eigenvalue weighted by Gasteiger charge is 2.20. The van der Waals surface area contributed by atoms with Crippen LogP contribution in [0.2, 0.25) is 0 Å². The molecule has 2 unspecified atom stereocenters. The summed E-state index contributed by atoms with van der Waals surface area (Å²) in [6.07, 6.45) is 2.18. The van der Waals surface area contributed by atoms with Gasteiger partial charge in [-0.2, -0.15) is 11.8 Å². The molecular weight excluding hydrogens is 228 g/mol. The largest absolute Gasteiger partial charge is 0.369 e. The van der Waals surface area contributed by atoms with Crippen molar-refractivity contribution < 1.29 is 4.74 Å². The van der Waals surface area contributed by atoms with Gasteiger partial charge < -0.3 is 10.1 Å². The van der Waals surface area contributed by atoms with Crippen LogP contribution in [0.15, 0.2) is 6.20 Å². The lowest BCUT2D eigenvalue weighted by molar-refractivity contribution is 0.0755. The van der Waals surface area contributed by atoms with Crippen LogP contribution in [0.3, 0.4) is 0 Å². The molecule has 1 N–H and O–H groups in total. The predicted octanol–water partition coefficient (Wildman–Crippen LogP) is 2.23. The summed E-state index contributed by atoms with van der Waals surface area (Å²) in [4.78, 5) is 5.73. The van der Waals surface area contributed by atoms with E-state index in [0.29, 0.717) is 6.04 Å². The number of nitrogens with zero attached hydrogens (tertiary/aromatic N) is 1. The number of hydrogen-bond donors (Lipinski definition) is 1. The standard InChI is InChI=1S/C10H16N2OS2/c1-7(11-2)9-5-12-10(15-9)8-6-14-4-3-13-8/h5,7-8,11H,3-4,6H2,1-2H3. The van der Waals surface area contributed by atoms with E-state index in [-0.39, 0.29) is 6.10 Å². The fourth-order valence-corrected chi connectivity index (χ4v) is 3.41. The lowest BCUT2D eigenvalue weighted by atomic mass is 10.3. The maximum Gasteiger partial charge on any atom is 0.123 e. The van der Waals surface area contributed by atoms with Crippen molar-refractivity contribution >= 4 is 23.1 Å². The minimum absolute atomic E-state index is 0.214. The fourth-order valence-electron chi connectivity index (χ4n) is 1.42. The third-order valence-corrected chi connectivity index (χ3v) is 4.76. The van der Waals surface area contributed by atoms with Gasteiger partial charge in [0, 0.05) is 28.6 Å². The highest BCUT2D eigenvalue weighted by Crippen LogP contribution is 2.31. The summed E-state index contributed by atoms with van der Waals surface area (Å²) >= 11 is 3.71. The van der Waals surface area contributed by atoms with E-state index in [1.165, 1.54) is 4.88 Å². The molecule has 1 aromatic rings. The summed E-state index contributed by atoms with van der Waals surface area (Å²) in [6.45, 7) is 3.00. The Balaban J connectivity index is 2.05. The van der Waals surface area contributed by atoms with Gasteiger partial charge in [-0.1, -0.05) is 0 Å². The summed E-state index contributed by atoms with van der Waals surface area (Å²) in [7, 11) is 1.97. The molecule has 0 aliphatic carbocycles. The van der Waals surface area contributed by atoms with Crippen molar-refractivity contribution in [2.45, 2.75) is 19.1 Å². The van der Waals surface area contributed by atoms with Crippen molar-refractivity contribution in [2.24, 2.45) is 0 Å². The van der Waals surface area contributed by atoms with Crippen LogP contribution in [0, 0.1) is 0 Å². The van der Waals surface area contributed by atoms with Crippen molar-refractivity contribution in [3.05, 3.63) is 16.1 Å². The maximum atomic E-state index is 5.70. The Bertz CT molecular complexity index is 310. The van der Waals surface area contributed by atoms with Crippen molar-refractivity contribution in [3.63, 3.8) is 0 Å². The molecule has 84 valence electrons. The Morgan fingerprint density at radius 1 is 1.67 bits per heavy atom. The topological polar surface area (TPSA) is 34.2 Å². The third-order valence-electron chi connectivity index (χ3n) is 2.49. The first-order valence-corrected chi connectivity index (χ1v) is 7.10. The molecule has 1 aliphatic heterocycles. The van der Waals surface area contributed by atoms with Gasteiger partial charge in [0.1, 0.15) is 11.1 Å². The molecule has 3 nitrogen and oxygen atoms in total. The second-order valence-corrected chi connectivity index (χ2v) is 5.79. The van der Waals surface area contributed by atoms with E-state index in [9.17, 15) is 0 Å². The summed E-state index contributed by atoms with van der Waals surface area (Å²) < 4.78 is 5.70. The molecule has 5 heteroatoms. The first-order valence-electron chi connectivity index (χ1n) is 5.13. The molecule has 2 atom stereocenters. The van der Waals surface area contributed by atoms with E-state index >= 15 is 0 Å². The minimum atomic E-state index is 0.214. The van der Waals surface area contributed by atoms with Gasteiger partial charge in [0.15, 0.2) is 0 Å². The van der Waals surface area contributed by atoms with Crippen LogP contribution in [0.4, 0.5) is 0 Å². The summed E-state index contributed by atoms with van der Waals surface area (Å²) in [5, 5.41) is 4.35. The molecule has 15 heavy (non-hydrogen) atoms. The predicted molar refractivity (Wildman–Crippen MR) is 65.6 cm³/mol. The highest BCUT2D eigenvalue weighted by atomic mass is 32.2. The summed E-state index contributed by atoms with van der Waals surface area (Å²) in [5.41, 5.74) is 0. The Morgan fingerprint density at radius 2 is 2.53 bits per heavy atom. The van der Waals surface area contributed by atoms with Crippen molar-refractivity contribution in [1.82, 2.24) is 10.3 Å². The highest BCUT2D eigenvalue weighted by molar-refractivity contribution is 7.99. The number of aromatic nitrogens is 1. The number of thioether (sulfide) groups is 1. The monoisotopic (exact) mass is 244 g/mol. The van der Waals surface area contributed by atoms with Gasteiger partial charge in [-0.3, -0.25) is 0 Å². The van der Waals surface area contributed by atoms with Crippen LogP contribution in [0.1, 0.15) is 29.0 Å². The normalized spacial score (nSPS) is 24.0. The SMILES string of the molecule is CNC(C)c1cnc(C2CSCCO2)s1. The number of ether oxygens (including phenoxy) is 1. The van der Waals surface area contributed by atoms with Crippen LogP contribution in [-0.2, 0) is 4.74 Å². The van der Waals surface area contributed by atoms with E-state index in [2.05, 4.69) is 17.2 Å². The maximum absolute atomic E-state index is 5.70. The Morgan fingerprint density at radius 3 is 3.20 bits per heavy atom. The molecular formula is C10H16N2OS2. The van der Waals surface area contributed by atoms with E-state index in [1.54, 1.807) is 11.3 Å². The Hall–Kier alpha value is -0.100. The Labute approximate surface area is 98.6 Å². The van der Waals surface area contributed by atoms with Crippen molar-refractivity contribution in [3.8, 4) is 0 Å². The van der Waals surface area contributed by atoms with E-state index in [0.717, 1.165) is 23.1 Å². The van der Waals surface area contributed by atoms with Crippen molar-refractivity contribution in [1.29, 1.82) is 0 Å². The molecule has 0 spiro atoms. The van der Waals surface area contributed by atoms with Gasteiger partial charge in [0.2, 0.25) is 0 Å². The van der Waals surface area contributed by atoms with Gasteiger partial charge >= 0.3 is 0 Å². The number of rotatable bonds is 3. The molecule has 0 amide bonds. The van der Waals surface area contributed by atoms with Gasteiger partial charge in [-0.25, -0.2) is 4.98 Å². The zero-order chi connectivity index (χ0) is 10.7. The summed E-state index contributed by atoms with van der Waals surface area (Å²) in [5.74, 6) is 2.16. The van der Waals surface area contributed by atoms with Gasteiger partial charge in [0.25, 0.3) is 0 Å². The zero-order valence-electron chi connectivity index (χ0n) is 9.03. The molecule has 1 aliphatic rings.